The molecule has 0 bridgehead atoms. The molecule has 35 heavy (non-hydrogen) atoms. The third-order valence-corrected chi connectivity index (χ3v) is 6.06. The Morgan fingerprint density at radius 2 is 1.89 bits per heavy atom. The number of amides is 3. The molecule has 1 fully saturated rings. The van der Waals surface area contributed by atoms with E-state index < -0.39 is 24.0 Å². The molecule has 0 saturated carbocycles. The summed E-state index contributed by atoms with van der Waals surface area (Å²) >= 11 is 0. The van der Waals surface area contributed by atoms with Gasteiger partial charge in [0.2, 0.25) is 11.8 Å². The molecule has 3 amide bonds. The Labute approximate surface area is 206 Å². The molecule has 0 radical (unpaired) electrons. The molecule has 1 aromatic rings. The SMILES string of the molecule is CC(C)NC(=O)C[C@H]1C/C=C\C[C@@H](NC(=O)OCc2ccccc2)C(=O)OC[C@@H]2CCCN2C1=O. The van der Waals surface area contributed by atoms with Gasteiger partial charge >= 0.3 is 12.1 Å². The highest BCUT2D eigenvalue weighted by Gasteiger charge is 2.35. The van der Waals surface area contributed by atoms with Crippen LogP contribution in [0.1, 0.15) is 51.5 Å². The van der Waals surface area contributed by atoms with Gasteiger partial charge in [-0.1, -0.05) is 42.5 Å². The van der Waals surface area contributed by atoms with Gasteiger partial charge in [0.15, 0.2) is 0 Å². The van der Waals surface area contributed by atoms with Crippen molar-refractivity contribution in [3.8, 4) is 0 Å². The smallest absolute Gasteiger partial charge is 0.408 e. The Morgan fingerprint density at radius 3 is 2.63 bits per heavy atom. The molecule has 1 saturated heterocycles. The van der Waals surface area contributed by atoms with E-state index in [1.54, 1.807) is 17.1 Å². The van der Waals surface area contributed by atoms with Gasteiger partial charge in [-0.15, -0.1) is 0 Å². The van der Waals surface area contributed by atoms with Gasteiger partial charge in [0.05, 0.1) is 12.0 Å². The molecule has 9 nitrogen and oxygen atoms in total. The first-order chi connectivity index (χ1) is 16.8. The highest BCUT2D eigenvalue weighted by atomic mass is 16.6. The minimum absolute atomic E-state index is 0.00758. The molecule has 2 N–H and O–H groups in total. The van der Waals surface area contributed by atoms with Gasteiger partial charge in [0, 0.05) is 19.0 Å². The Balaban J connectivity index is 1.66. The number of cyclic esters (lactones) is 1. The van der Waals surface area contributed by atoms with Gasteiger partial charge in [0.25, 0.3) is 0 Å². The number of nitrogens with zero attached hydrogens (tertiary/aromatic N) is 1. The number of fused-ring (bicyclic) bond motifs is 1. The number of carbonyl (C=O) groups is 4. The fourth-order valence-corrected chi connectivity index (χ4v) is 4.30. The van der Waals surface area contributed by atoms with E-state index in [1.165, 1.54) is 0 Å². The molecular formula is C26H35N3O6. The molecule has 0 aliphatic carbocycles. The zero-order valence-electron chi connectivity index (χ0n) is 20.4. The molecule has 190 valence electrons. The predicted molar refractivity (Wildman–Crippen MR) is 129 cm³/mol. The maximum Gasteiger partial charge on any atom is 0.408 e. The summed E-state index contributed by atoms with van der Waals surface area (Å²) in [5.41, 5.74) is 0.836. The van der Waals surface area contributed by atoms with E-state index in [0.717, 1.165) is 18.4 Å². The number of benzene rings is 1. The van der Waals surface area contributed by atoms with E-state index in [1.807, 2.05) is 44.2 Å². The van der Waals surface area contributed by atoms with E-state index >= 15 is 0 Å². The lowest BCUT2D eigenvalue weighted by Gasteiger charge is -2.29. The van der Waals surface area contributed by atoms with Crippen LogP contribution in [0, 0.1) is 5.92 Å². The van der Waals surface area contributed by atoms with Crippen molar-refractivity contribution in [2.45, 2.75) is 70.7 Å². The van der Waals surface area contributed by atoms with Gasteiger partial charge in [-0.2, -0.15) is 0 Å². The fraction of sp³-hybridized carbons (Fsp3) is 0.538. The zero-order chi connectivity index (χ0) is 25.2. The van der Waals surface area contributed by atoms with Crippen molar-refractivity contribution in [1.29, 1.82) is 0 Å². The van der Waals surface area contributed by atoms with E-state index in [-0.39, 0.29) is 50.0 Å². The summed E-state index contributed by atoms with van der Waals surface area (Å²) in [4.78, 5) is 52.4. The largest absolute Gasteiger partial charge is 0.462 e. The molecule has 9 heteroatoms. The van der Waals surface area contributed by atoms with Crippen LogP contribution in [0.4, 0.5) is 4.79 Å². The minimum atomic E-state index is -0.915. The summed E-state index contributed by atoms with van der Waals surface area (Å²) in [7, 11) is 0. The molecule has 3 atom stereocenters. The van der Waals surface area contributed by atoms with Crippen LogP contribution in [0.2, 0.25) is 0 Å². The van der Waals surface area contributed by atoms with Gasteiger partial charge in [-0.05, 0) is 45.1 Å². The van der Waals surface area contributed by atoms with E-state index in [9.17, 15) is 19.2 Å². The molecule has 3 rings (SSSR count). The van der Waals surface area contributed by atoms with Gasteiger partial charge < -0.3 is 25.0 Å². The maximum absolute atomic E-state index is 13.2. The molecule has 2 heterocycles. The first-order valence-corrected chi connectivity index (χ1v) is 12.2. The Bertz CT molecular complexity index is 917. The van der Waals surface area contributed by atoms with Crippen LogP contribution >= 0.6 is 0 Å². The van der Waals surface area contributed by atoms with Crippen LogP contribution in [-0.2, 0) is 30.5 Å². The fourth-order valence-electron chi connectivity index (χ4n) is 4.30. The van der Waals surface area contributed by atoms with E-state index in [2.05, 4.69) is 10.6 Å². The van der Waals surface area contributed by atoms with Crippen molar-refractivity contribution < 1.29 is 28.7 Å². The number of hydrogen-bond donors (Lipinski definition) is 2. The maximum atomic E-state index is 13.2. The second kappa shape index (κ2) is 12.9. The van der Waals surface area contributed by atoms with Crippen LogP contribution in [-0.4, -0.2) is 60.1 Å². The zero-order valence-corrected chi connectivity index (χ0v) is 20.4. The molecule has 2 aliphatic heterocycles. The van der Waals surface area contributed by atoms with Crippen LogP contribution in [0.3, 0.4) is 0 Å². The first kappa shape index (κ1) is 26.2. The summed E-state index contributed by atoms with van der Waals surface area (Å²) in [5, 5.41) is 5.44. The van der Waals surface area contributed by atoms with Crippen LogP contribution in [0.5, 0.6) is 0 Å². The Kier molecular flexibility index (Phi) is 9.69. The molecule has 0 unspecified atom stereocenters. The summed E-state index contributed by atoms with van der Waals surface area (Å²) < 4.78 is 10.8. The van der Waals surface area contributed by atoms with E-state index in [0.29, 0.717) is 13.0 Å². The van der Waals surface area contributed by atoms with Crippen LogP contribution < -0.4 is 10.6 Å². The average Bonchev–Trinajstić information content (AvgIpc) is 3.30. The van der Waals surface area contributed by atoms with Gasteiger partial charge in [-0.3, -0.25) is 9.59 Å². The lowest BCUT2D eigenvalue weighted by atomic mass is 9.97. The van der Waals surface area contributed by atoms with Crippen molar-refractivity contribution in [2.75, 3.05) is 13.2 Å². The number of hydrogen-bond acceptors (Lipinski definition) is 6. The number of allylic oxidation sites excluding steroid dienone is 1. The van der Waals surface area contributed by atoms with Crippen LogP contribution in [0.15, 0.2) is 42.5 Å². The third-order valence-electron chi connectivity index (χ3n) is 6.06. The number of nitrogens with one attached hydrogen (secondary N) is 2. The number of carbonyl (C=O) groups excluding carboxylic acids is 4. The summed E-state index contributed by atoms with van der Waals surface area (Å²) in [5.74, 6) is -1.32. The normalized spacial score (nSPS) is 24.0. The van der Waals surface area contributed by atoms with Crippen LogP contribution in [0.25, 0.3) is 0 Å². The second-order valence-corrected chi connectivity index (χ2v) is 9.28. The topological polar surface area (TPSA) is 114 Å². The van der Waals surface area contributed by atoms with Crippen molar-refractivity contribution in [1.82, 2.24) is 15.5 Å². The summed E-state index contributed by atoms with van der Waals surface area (Å²) in [6.07, 6.45) is 4.98. The summed E-state index contributed by atoms with van der Waals surface area (Å²) in [6.45, 7) is 4.47. The van der Waals surface area contributed by atoms with Crippen molar-refractivity contribution in [3.05, 3.63) is 48.0 Å². The van der Waals surface area contributed by atoms with Crippen molar-refractivity contribution in [2.24, 2.45) is 5.92 Å². The molecular weight excluding hydrogens is 450 g/mol. The Morgan fingerprint density at radius 1 is 1.14 bits per heavy atom. The summed E-state index contributed by atoms with van der Waals surface area (Å²) in [6, 6.07) is 8.09. The highest BCUT2D eigenvalue weighted by molar-refractivity contribution is 5.86. The minimum Gasteiger partial charge on any atom is -0.462 e. The number of rotatable bonds is 6. The number of ether oxygens (including phenoxy) is 2. The predicted octanol–water partition coefficient (Wildman–Crippen LogP) is 2.70. The standard InChI is InChI=1S/C26H35N3O6/c1-18(2)27-23(30)15-20-11-6-7-13-22(28-26(33)35-16-19-9-4-3-5-10-19)25(32)34-17-21-12-8-14-29(21)24(20)31/h3-7,9-10,18,20-22H,8,11-17H2,1-2H3,(H,27,30)(H,28,33)/b7-6-/t20-,21+,22-/m1/s1. The van der Waals surface area contributed by atoms with Crippen molar-refractivity contribution >= 4 is 23.9 Å². The monoisotopic (exact) mass is 485 g/mol. The highest BCUT2D eigenvalue weighted by Crippen LogP contribution is 2.24. The molecule has 1 aromatic carbocycles. The molecule has 0 aromatic heterocycles. The number of esters is 1. The lowest BCUT2D eigenvalue weighted by molar-refractivity contribution is -0.150. The third kappa shape index (κ3) is 8.12. The first-order valence-electron chi connectivity index (χ1n) is 12.2. The van der Waals surface area contributed by atoms with Gasteiger partial charge in [0.1, 0.15) is 19.3 Å². The van der Waals surface area contributed by atoms with E-state index in [4.69, 9.17) is 9.47 Å². The second-order valence-electron chi connectivity index (χ2n) is 9.28. The van der Waals surface area contributed by atoms with Gasteiger partial charge in [-0.25, -0.2) is 9.59 Å². The number of alkyl carbamates (subject to hydrolysis) is 1. The average molecular weight is 486 g/mol. The quantitative estimate of drug-likeness (QED) is 0.473. The molecule has 0 spiro atoms. The Hall–Kier alpha value is -3.36. The van der Waals surface area contributed by atoms with Crippen molar-refractivity contribution in [3.63, 3.8) is 0 Å². The lowest BCUT2D eigenvalue weighted by Crippen LogP contribution is -2.46. The molecule has 2 aliphatic rings.